The summed E-state index contributed by atoms with van der Waals surface area (Å²) < 4.78 is 11.7. The summed E-state index contributed by atoms with van der Waals surface area (Å²) in [7, 11) is 3.50. The number of carboxylic acids is 1. The maximum Gasteiger partial charge on any atom is 0.335 e. The molecular formula is C23H30NO7+. The Morgan fingerprint density at radius 1 is 0.935 bits per heavy atom. The number of nitrogens with zero attached hydrogens (tertiary/aromatic N) is 1. The van der Waals surface area contributed by atoms with Crippen molar-refractivity contribution in [1.29, 1.82) is 0 Å². The summed E-state index contributed by atoms with van der Waals surface area (Å²) >= 11 is 0. The van der Waals surface area contributed by atoms with Crippen molar-refractivity contribution in [2.45, 2.75) is 36.7 Å². The number of quaternary nitrogens is 1. The maximum atomic E-state index is 11.4. The van der Waals surface area contributed by atoms with Crippen molar-refractivity contribution < 1.29 is 39.2 Å². The van der Waals surface area contributed by atoms with Gasteiger partial charge in [-0.15, -0.1) is 0 Å². The quantitative estimate of drug-likeness (QED) is 0.455. The monoisotopic (exact) mass is 432 g/mol. The number of aliphatic hydroxyl groups is 3. The van der Waals surface area contributed by atoms with Gasteiger partial charge in [-0.05, 0) is 11.1 Å². The first-order chi connectivity index (χ1) is 14.7. The number of rotatable bonds is 8. The Morgan fingerprint density at radius 2 is 1.45 bits per heavy atom. The van der Waals surface area contributed by atoms with Gasteiger partial charge in [0.1, 0.15) is 24.9 Å². The molecule has 5 unspecified atom stereocenters. The summed E-state index contributed by atoms with van der Waals surface area (Å²) in [5.74, 6) is -1.40. The molecule has 0 bridgehead atoms. The Kier molecular flexibility index (Phi) is 7.42. The molecule has 0 amide bonds. The minimum atomic E-state index is -1.71. The Hall–Kier alpha value is -2.33. The minimum absolute atomic E-state index is 0.0328. The van der Waals surface area contributed by atoms with Crippen molar-refractivity contribution in [2.24, 2.45) is 0 Å². The van der Waals surface area contributed by atoms with Crippen LogP contribution in [0.25, 0.3) is 0 Å². The Balaban J connectivity index is 1.71. The fourth-order valence-electron chi connectivity index (χ4n) is 3.82. The number of ether oxygens (including phenoxy) is 2. The lowest BCUT2D eigenvalue weighted by molar-refractivity contribution is -0.944. The molecule has 168 valence electrons. The van der Waals surface area contributed by atoms with Gasteiger partial charge < -0.3 is 29.9 Å². The van der Waals surface area contributed by atoms with E-state index in [0.29, 0.717) is 6.54 Å². The van der Waals surface area contributed by atoms with E-state index in [1.165, 1.54) is 0 Å². The lowest BCUT2D eigenvalue weighted by Crippen LogP contribution is -2.68. The second kappa shape index (κ2) is 9.86. The van der Waals surface area contributed by atoms with Crippen molar-refractivity contribution in [3.63, 3.8) is 0 Å². The number of aliphatic carboxylic acids is 1. The first kappa shape index (κ1) is 23.3. The number of hydrogen-bond acceptors (Lipinski definition) is 6. The van der Waals surface area contributed by atoms with Crippen LogP contribution < -0.4 is 0 Å². The Morgan fingerprint density at radius 3 is 1.94 bits per heavy atom. The molecule has 0 aliphatic carbocycles. The zero-order chi connectivity index (χ0) is 22.6. The van der Waals surface area contributed by atoms with Crippen LogP contribution in [0.15, 0.2) is 60.7 Å². The Labute approximate surface area is 181 Å². The third-order valence-corrected chi connectivity index (χ3v) is 5.68. The topological polar surface area (TPSA) is 116 Å². The smallest absolute Gasteiger partial charge is 0.335 e. The third-order valence-electron chi connectivity index (χ3n) is 5.68. The van der Waals surface area contributed by atoms with Crippen LogP contribution >= 0.6 is 0 Å². The standard InChI is InChI=1S/C23H29NO7/c1-24(2,22-19(27)17(25)18(26)21(31-22)23(28)29)13-14-30-20(15-9-5-3-6-10-15)16-11-7-4-8-12-16/h3-12,17-22,25-27H,13-14H2,1-2H3/p+1. The number of benzene rings is 2. The molecule has 0 saturated carbocycles. The summed E-state index contributed by atoms with van der Waals surface area (Å²) in [4.78, 5) is 11.4. The fourth-order valence-corrected chi connectivity index (χ4v) is 3.82. The molecule has 0 spiro atoms. The zero-order valence-electron chi connectivity index (χ0n) is 17.6. The minimum Gasteiger partial charge on any atom is -0.479 e. The molecule has 1 fully saturated rings. The summed E-state index contributed by atoms with van der Waals surface area (Å²) in [6, 6.07) is 19.6. The van der Waals surface area contributed by atoms with Gasteiger partial charge in [-0.1, -0.05) is 60.7 Å². The van der Waals surface area contributed by atoms with E-state index in [2.05, 4.69) is 0 Å². The number of carboxylic acid groups (broad SMARTS) is 1. The van der Waals surface area contributed by atoms with Gasteiger partial charge in [-0.25, -0.2) is 4.79 Å². The van der Waals surface area contributed by atoms with Gasteiger partial charge in [-0.2, -0.15) is 0 Å². The van der Waals surface area contributed by atoms with Crippen LogP contribution in [-0.2, 0) is 14.3 Å². The van der Waals surface area contributed by atoms with Gasteiger partial charge in [0.2, 0.25) is 6.23 Å². The van der Waals surface area contributed by atoms with E-state index < -0.39 is 36.6 Å². The van der Waals surface area contributed by atoms with Crippen LogP contribution in [0.1, 0.15) is 17.2 Å². The van der Waals surface area contributed by atoms with Gasteiger partial charge in [0.25, 0.3) is 0 Å². The normalized spacial score (nSPS) is 26.7. The molecule has 8 heteroatoms. The summed E-state index contributed by atoms with van der Waals surface area (Å²) in [6.45, 7) is 0.650. The van der Waals surface area contributed by atoms with Crippen molar-refractivity contribution >= 4 is 5.97 Å². The van der Waals surface area contributed by atoms with E-state index in [4.69, 9.17) is 9.47 Å². The number of carbonyl (C=O) groups is 1. The van der Waals surface area contributed by atoms with E-state index in [9.17, 15) is 25.2 Å². The average Bonchev–Trinajstić information content (AvgIpc) is 2.76. The fraction of sp³-hybridized carbons (Fsp3) is 0.435. The van der Waals surface area contributed by atoms with E-state index in [1.807, 2.05) is 60.7 Å². The van der Waals surface area contributed by atoms with E-state index in [0.717, 1.165) is 11.1 Å². The summed E-state index contributed by atoms with van der Waals surface area (Å²) in [5, 5.41) is 39.8. The van der Waals surface area contributed by atoms with Gasteiger partial charge in [-0.3, -0.25) is 4.48 Å². The lowest BCUT2D eigenvalue weighted by Gasteiger charge is -2.46. The first-order valence-electron chi connectivity index (χ1n) is 10.2. The van der Waals surface area contributed by atoms with Crippen molar-refractivity contribution in [3.05, 3.63) is 71.8 Å². The SMILES string of the molecule is C[N+](C)(CCOC(c1ccccc1)c1ccccc1)C1OC(C(=O)O)C(O)C(O)C1O. The highest BCUT2D eigenvalue weighted by Gasteiger charge is 2.52. The molecule has 1 heterocycles. The average molecular weight is 432 g/mol. The zero-order valence-corrected chi connectivity index (χ0v) is 17.6. The number of aliphatic hydroxyl groups excluding tert-OH is 3. The second-order valence-electron chi connectivity index (χ2n) is 8.33. The van der Waals surface area contributed by atoms with E-state index in [-0.39, 0.29) is 17.2 Å². The highest BCUT2D eigenvalue weighted by molar-refractivity contribution is 5.73. The predicted octanol–water partition coefficient (Wildman–Crippen LogP) is 0.761. The molecule has 2 aromatic carbocycles. The second-order valence-corrected chi connectivity index (χ2v) is 8.33. The molecule has 3 rings (SSSR count). The van der Waals surface area contributed by atoms with Crippen LogP contribution in [0.3, 0.4) is 0 Å². The molecule has 1 aliphatic heterocycles. The molecule has 5 atom stereocenters. The summed E-state index contributed by atoms with van der Waals surface area (Å²) in [6.07, 6.45) is -7.74. The highest BCUT2D eigenvalue weighted by Crippen LogP contribution is 2.28. The van der Waals surface area contributed by atoms with Crippen molar-refractivity contribution in [1.82, 2.24) is 0 Å². The molecule has 1 aliphatic rings. The van der Waals surface area contributed by atoms with Crippen molar-refractivity contribution in [2.75, 3.05) is 27.2 Å². The predicted molar refractivity (Wildman–Crippen MR) is 112 cm³/mol. The largest absolute Gasteiger partial charge is 0.479 e. The van der Waals surface area contributed by atoms with Crippen molar-refractivity contribution in [3.8, 4) is 0 Å². The van der Waals surface area contributed by atoms with Crippen LogP contribution in [0, 0.1) is 0 Å². The van der Waals surface area contributed by atoms with Gasteiger partial charge >= 0.3 is 5.97 Å². The molecule has 8 nitrogen and oxygen atoms in total. The number of likely N-dealkylation sites (N-methyl/N-ethyl adjacent to an activating group) is 1. The van der Waals surface area contributed by atoms with Gasteiger partial charge in [0.15, 0.2) is 12.2 Å². The van der Waals surface area contributed by atoms with E-state index >= 15 is 0 Å². The van der Waals surface area contributed by atoms with E-state index in [1.54, 1.807) is 14.1 Å². The molecule has 1 saturated heterocycles. The molecule has 31 heavy (non-hydrogen) atoms. The molecule has 2 aromatic rings. The number of hydrogen-bond donors (Lipinski definition) is 4. The van der Waals surface area contributed by atoms with Crippen LogP contribution in [0.4, 0.5) is 0 Å². The third kappa shape index (κ3) is 5.30. The maximum absolute atomic E-state index is 11.4. The van der Waals surface area contributed by atoms with Crippen LogP contribution in [0.2, 0.25) is 0 Å². The van der Waals surface area contributed by atoms with Crippen LogP contribution in [-0.4, -0.2) is 88.8 Å². The highest BCUT2D eigenvalue weighted by atomic mass is 16.6. The molecule has 0 aromatic heterocycles. The Bertz CT molecular complexity index is 806. The molecule has 0 radical (unpaired) electrons. The molecular weight excluding hydrogens is 402 g/mol. The first-order valence-corrected chi connectivity index (χ1v) is 10.2. The van der Waals surface area contributed by atoms with Gasteiger partial charge in [0, 0.05) is 0 Å². The lowest BCUT2D eigenvalue weighted by atomic mass is 9.97. The van der Waals surface area contributed by atoms with Crippen LogP contribution in [0.5, 0.6) is 0 Å². The molecule has 4 N–H and O–H groups in total. The van der Waals surface area contributed by atoms with Gasteiger partial charge in [0.05, 0.1) is 20.7 Å². The summed E-state index contributed by atoms with van der Waals surface area (Å²) in [5.41, 5.74) is 2.00.